The van der Waals surface area contributed by atoms with E-state index in [1.165, 1.54) is 12.4 Å². The second kappa shape index (κ2) is 8.71. The van der Waals surface area contributed by atoms with Gasteiger partial charge in [-0.15, -0.1) is 0 Å². The summed E-state index contributed by atoms with van der Waals surface area (Å²) in [6.07, 6.45) is 2.98. The van der Waals surface area contributed by atoms with Crippen LogP contribution in [-0.2, 0) is 0 Å². The minimum Gasteiger partial charge on any atom is -0.489 e. The molecule has 0 unspecified atom stereocenters. The van der Waals surface area contributed by atoms with Crippen molar-refractivity contribution >= 4 is 34.8 Å². The van der Waals surface area contributed by atoms with E-state index in [2.05, 4.69) is 20.6 Å². The van der Waals surface area contributed by atoms with Crippen LogP contribution in [0.5, 0.6) is 5.75 Å². The van der Waals surface area contributed by atoms with Crippen LogP contribution < -0.4 is 15.4 Å². The van der Waals surface area contributed by atoms with Crippen LogP contribution in [0.25, 0.3) is 0 Å². The molecule has 2 aromatic carbocycles. The van der Waals surface area contributed by atoms with Crippen molar-refractivity contribution in [3.8, 4) is 5.75 Å². The zero-order valence-electron chi connectivity index (χ0n) is 15.9. The van der Waals surface area contributed by atoms with E-state index in [0.29, 0.717) is 28.0 Å². The molecule has 0 aliphatic heterocycles. The van der Waals surface area contributed by atoms with Crippen molar-refractivity contribution in [3.05, 3.63) is 71.0 Å². The highest BCUT2D eigenvalue weighted by atomic mass is 35.5. The molecule has 3 rings (SSSR count). The Morgan fingerprint density at radius 1 is 1.11 bits per heavy atom. The van der Waals surface area contributed by atoms with Gasteiger partial charge in [0.05, 0.1) is 17.4 Å². The van der Waals surface area contributed by atoms with Gasteiger partial charge in [0.1, 0.15) is 5.75 Å². The SMILES string of the molecule is Cc1ccc(NC(=O)c2cnc(Nc3ccccc3OC(C)C)nc2)cc1Cl. The average molecular weight is 397 g/mol. The van der Waals surface area contributed by atoms with E-state index in [0.717, 1.165) is 11.3 Å². The fraction of sp³-hybridized carbons (Fsp3) is 0.190. The molecule has 0 aliphatic carbocycles. The molecule has 2 N–H and O–H groups in total. The van der Waals surface area contributed by atoms with E-state index in [9.17, 15) is 4.79 Å². The molecule has 0 fully saturated rings. The molecule has 28 heavy (non-hydrogen) atoms. The third-order valence-corrected chi connectivity index (χ3v) is 4.25. The summed E-state index contributed by atoms with van der Waals surface area (Å²) in [6, 6.07) is 12.9. The predicted molar refractivity (Wildman–Crippen MR) is 112 cm³/mol. The maximum atomic E-state index is 12.4. The largest absolute Gasteiger partial charge is 0.489 e. The number of ether oxygens (including phenoxy) is 1. The summed E-state index contributed by atoms with van der Waals surface area (Å²) in [7, 11) is 0. The lowest BCUT2D eigenvalue weighted by molar-refractivity contribution is 0.102. The number of carbonyl (C=O) groups is 1. The molecule has 0 saturated carbocycles. The molecule has 0 spiro atoms. The Balaban J connectivity index is 1.70. The van der Waals surface area contributed by atoms with Crippen LogP contribution in [0.15, 0.2) is 54.9 Å². The number of benzene rings is 2. The highest BCUT2D eigenvalue weighted by Crippen LogP contribution is 2.27. The van der Waals surface area contributed by atoms with Gasteiger partial charge >= 0.3 is 0 Å². The Bertz CT molecular complexity index is 974. The van der Waals surface area contributed by atoms with Crippen molar-refractivity contribution in [1.82, 2.24) is 9.97 Å². The first-order valence-corrected chi connectivity index (χ1v) is 9.22. The number of hydrogen-bond acceptors (Lipinski definition) is 5. The lowest BCUT2D eigenvalue weighted by atomic mass is 10.2. The third kappa shape index (κ3) is 4.98. The zero-order chi connectivity index (χ0) is 20.1. The standard InChI is InChI=1S/C21H21ClN4O2/c1-13(2)28-19-7-5-4-6-18(19)26-21-23-11-15(12-24-21)20(27)25-16-9-8-14(3)17(22)10-16/h4-13H,1-3H3,(H,25,27)(H,23,24,26). The second-order valence-electron chi connectivity index (χ2n) is 6.50. The number of aryl methyl sites for hydroxylation is 1. The number of anilines is 3. The van der Waals surface area contributed by atoms with Gasteiger partial charge in [0.2, 0.25) is 5.95 Å². The van der Waals surface area contributed by atoms with Gasteiger partial charge in [-0.2, -0.15) is 0 Å². The molecule has 0 saturated heterocycles. The third-order valence-electron chi connectivity index (χ3n) is 3.84. The number of aromatic nitrogens is 2. The minimum absolute atomic E-state index is 0.0465. The number of hydrogen-bond donors (Lipinski definition) is 2. The van der Waals surface area contributed by atoms with E-state index in [-0.39, 0.29) is 12.0 Å². The number of para-hydroxylation sites is 2. The summed E-state index contributed by atoms with van der Waals surface area (Å²) < 4.78 is 5.77. The molecule has 0 radical (unpaired) electrons. The highest BCUT2D eigenvalue weighted by Gasteiger charge is 2.10. The van der Waals surface area contributed by atoms with Crippen LogP contribution in [0.1, 0.15) is 29.8 Å². The molecule has 6 nitrogen and oxygen atoms in total. The number of amides is 1. The van der Waals surface area contributed by atoms with Gasteiger partial charge in [0.25, 0.3) is 5.91 Å². The van der Waals surface area contributed by atoms with Gasteiger partial charge in [-0.25, -0.2) is 9.97 Å². The predicted octanol–water partition coefficient (Wildman–Crippen LogP) is 5.22. The van der Waals surface area contributed by atoms with Crippen molar-refractivity contribution < 1.29 is 9.53 Å². The van der Waals surface area contributed by atoms with Crippen molar-refractivity contribution in [2.75, 3.05) is 10.6 Å². The summed E-state index contributed by atoms with van der Waals surface area (Å²) in [5.41, 5.74) is 2.65. The smallest absolute Gasteiger partial charge is 0.258 e. The summed E-state index contributed by atoms with van der Waals surface area (Å²) in [5, 5.41) is 6.49. The van der Waals surface area contributed by atoms with Gasteiger partial charge < -0.3 is 15.4 Å². The van der Waals surface area contributed by atoms with E-state index in [4.69, 9.17) is 16.3 Å². The number of rotatable bonds is 6. The molecule has 7 heteroatoms. The number of nitrogens with zero attached hydrogens (tertiary/aromatic N) is 2. The van der Waals surface area contributed by atoms with Crippen molar-refractivity contribution in [1.29, 1.82) is 0 Å². The van der Waals surface area contributed by atoms with Crippen molar-refractivity contribution in [2.24, 2.45) is 0 Å². The molecule has 3 aromatic rings. The first-order chi connectivity index (χ1) is 13.4. The van der Waals surface area contributed by atoms with Crippen molar-refractivity contribution in [3.63, 3.8) is 0 Å². The molecule has 0 atom stereocenters. The van der Waals surface area contributed by atoms with Gasteiger partial charge in [-0.3, -0.25) is 4.79 Å². The van der Waals surface area contributed by atoms with Crippen LogP contribution in [-0.4, -0.2) is 22.0 Å². The summed E-state index contributed by atoms with van der Waals surface area (Å²) in [6.45, 7) is 5.82. The summed E-state index contributed by atoms with van der Waals surface area (Å²) in [4.78, 5) is 20.8. The fourth-order valence-corrected chi connectivity index (χ4v) is 2.61. The Kier molecular flexibility index (Phi) is 6.11. The first kappa shape index (κ1) is 19.6. The molecule has 1 aromatic heterocycles. The Labute approximate surface area is 168 Å². The molecule has 144 valence electrons. The first-order valence-electron chi connectivity index (χ1n) is 8.84. The normalized spacial score (nSPS) is 10.6. The average Bonchev–Trinajstić information content (AvgIpc) is 2.66. The van der Waals surface area contributed by atoms with Gasteiger partial charge in [0, 0.05) is 23.1 Å². The lowest BCUT2D eigenvalue weighted by Crippen LogP contribution is -2.13. The molecule has 1 heterocycles. The second-order valence-corrected chi connectivity index (χ2v) is 6.91. The lowest BCUT2D eigenvalue weighted by Gasteiger charge is -2.14. The van der Waals surface area contributed by atoms with Crippen molar-refractivity contribution in [2.45, 2.75) is 26.9 Å². The number of carbonyl (C=O) groups excluding carboxylic acids is 1. The minimum atomic E-state index is -0.310. The van der Waals surface area contributed by atoms with Gasteiger partial charge in [0.15, 0.2) is 0 Å². The van der Waals surface area contributed by atoms with Crippen LogP contribution in [0.4, 0.5) is 17.3 Å². The monoisotopic (exact) mass is 396 g/mol. The summed E-state index contributed by atoms with van der Waals surface area (Å²) in [5.74, 6) is 0.768. The maximum absolute atomic E-state index is 12.4. The Hall–Kier alpha value is -3.12. The maximum Gasteiger partial charge on any atom is 0.258 e. The van der Waals surface area contributed by atoms with E-state index < -0.39 is 0 Å². The van der Waals surface area contributed by atoms with E-state index >= 15 is 0 Å². The van der Waals surface area contributed by atoms with E-state index in [1.807, 2.05) is 51.1 Å². The Morgan fingerprint density at radius 2 is 1.82 bits per heavy atom. The van der Waals surface area contributed by atoms with Crippen LogP contribution in [0.3, 0.4) is 0 Å². The summed E-state index contributed by atoms with van der Waals surface area (Å²) >= 11 is 6.09. The van der Waals surface area contributed by atoms with Crippen LogP contribution >= 0.6 is 11.6 Å². The number of nitrogens with one attached hydrogen (secondary N) is 2. The molecule has 0 bridgehead atoms. The fourth-order valence-electron chi connectivity index (χ4n) is 2.43. The topological polar surface area (TPSA) is 76.1 Å². The van der Waals surface area contributed by atoms with E-state index in [1.54, 1.807) is 12.1 Å². The zero-order valence-corrected chi connectivity index (χ0v) is 16.6. The number of halogens is 1. The Morgan fingerprint density at radius 3 is 2.50 bits per heavy atom. The molecule has 0 aliphatic rings. The molecule has 1 amide bonds. The molecular weight excluding hydrogens is 376 g/mol. The van der Waals surface area contributed by atoms with Crippen LogP contribution in [0.2, 0.25) is 5.02 Å². The quantitative estimate of drug-likeness (QED) is 0.597. The van der Waals surface area contributed by atoms with Gasteiger partial charge in [-0.05, 0) is 50.6 Å². The van der Waals surface area contributed by atoms with Gasteiger partial charge in [-0.1, -0.05) is 29.8 Å². The molecular formula is C21H21ClN4O2. The van der Waals surface area contributed by atoms with Crippen LogP contribution in [0, 0.1) is 6.92 Å². The highest BCUT2D eigenvalue weighted by molar-refractivity contribution is 6.31.